The average molecular weight is 437 g/mol. The smallest absolute Gasteiger partial charge is 0.255 e. The zero-order chi connectivity index (χ0) is 22.2. The number of nitrogens with zero attached hydrogens (tertiary/aromatic N) is 4. The van der Waals surface area contributed by atoms with Gasteiger partial charge in [-0.3, -0.25) is 24.6 Å². The van der Waals surface area contributed by atoms with Gasteiger partial charge in [0, 0.05) is 43.0 Å². The number of piperidine rings is 2. The van der Waals surface area contributed by atoms with E-state index in [1.165, 1.54) is 17.3 Å². The second-order valence-corrected chi connectivity index (χ2v) is 8.73. The van der Waals surface area contributed by atoms with Gasteiger partial charge in [0.05, 0.1) is 0 Å². The summed E-state index contributed by atoms with van der Waals surface area (Å²) in [5, 5.41) is 2.29. The molecule has 5 rings (SSSR count). The van der Waals surface area contributed by atoms with Crippen LogP contribution in [0.5, 0.6) is 0 Å². The molecule has 1 aromatic heterocycles. The molecular formula is C23H24FN5O3. The largest absolute Gasteiger partial charge is 0.322 e. The highest BCUT2D eigenvalue weighted by Crippen LogP contribution is 2.35. The van der Waals surface area contributed by atoms with Crippen molar-refractivity contribution in [3.8, 4) is 0 Å². The molecule has 2 fully saturated rings. The predicted octanol–water partition coefficient (Wildman–Crippen LogP) is 1.76. The Morgan fingerprint density at radius 3 is 2.53 bits per heavy atom. The summed E-state index contributed by atoms with van der Waals surface area (Å²) in [5.41, 5.74) is 2.77. The van der Waals surface area contributed by atoms with E-state index in [0.717, 1.165) is 43.6 Å². The third-order valence-electron chi connectivity index (χ3n) is 6.69. The lowest BCUT2D eigenvalue weighted by Crippen LogP contribution is -2.52. The zero-order valence-electron chi connectivity index (χ0n) is 17.6. The molecule has 0 aliphatic carbocycles. The van der Waals surface area contributed by atoms with Crippen LogP contribution in [0.15, 0.2) is 30.9 Å². The minimum Gasteiger partial charge on any atom is -0.322 e. The highest BCUT2D eigenvalue weighted by molar-refractivity contribution is 6.05. The zero-order valence-corrected chi connectivity index (χ0v) is 17.6. The molecule has 0 saturated carbocycles. The molecule has 1 atom stereocenters. The average Bonchev–Trinajstić information content (AvgIpc) is 3.10. The van der Waals surface area contributed by atoms with Gasteiger partial charge in [0.15, 0.2) is 0 Å². The predicted molar refractivity (Wildman–Crippen MR) is 112 cm³/mol. The maximum atomic E-state index is 15.0. The number of halogens is 1. The number of rotatable bonds is 4. The molecule has 3 amide bonds. The van der Waals surface area contributed by atoms with Crippen molar-refractivity contribution in [2.24, 2.45) is 0 Å². The number of imide groups is 1. The summed E-state index contributed by atoms with van der Waals surface area (Å²) in [4.78, 5) is 48.4. The van der Waals surface area contributed by atoms with Gasteiger partial charge in [-0.25, -0.2) is 14.4 Å². The van der Waals surface area contributed by atoms with Crippen molar-refractivity contribution < 1.29 is 18.8 Å². The summed E-state index contributed by atoms with van der Waals surface area (Å²) in [5.74, 6) is -1.41. The first-order valence-corrected chi connectivity index (χ1v) is 10.9. The Morgan fingerprint density at radius 2 is 1.81 bits per heavy atom. The number of hydrogen-bond donors (Lipinski definition) is 1. The molecule has 3 aliphatic rings. The molecular weight excluding hydrogens is 413 g/mol. The molecule has 0 radical (unpaired) electrons. The van der Waals surface area contributed by atoms with Gasteiger partial charge >= 0.3 is 0 Å². The molecule has 4 heterocycles. The number of amides is 3. The lowest BCUT2D eigenvalue weighted by Gasteiger charge is -2.32. The van der Waals surface area contributed by atoms with Crippen LogP contribution < -0.4 is 5.32 Å². The van der Waals surface area contributed by atoms with Crippen molar-refractivity contribution in [2.45, 2.75) is 50.7 Å². The number of hydrogen-bond acceptors (Lipinski definition) is 6. The lowest BCUT2D eigenvalue weighted by molar-refractivity contribution is -0.136. The van der Waals surface area contributed by atoms with E-state index in [-0.39, 0.29) is 36.5 Å². The fourth-order valence-corrected chi connectivity index (χ4v) is 4.99. The number of fused-ring (bicyclic) bond motifs is 1. The van der Waals surface area contributed by atoms with Crippen LogP contribution in [0.2, 0.25) is 0 Å². The highest BCUT2D eigenvalue weighted by atomic mass is 19.1. The van der Waals surface area contributed by atoms with Gasteiger partial charge in [-0.15, -0.1) is 0 Å². The minimum atomic E-state index is -0.690. The molecule has 3 aliphatic heterocycles. The standard InChI is InChI=1S/C23H24FN5O3/c24-19-8-18-16(12-29(23(18)32)20-1-2-21(30)27-22(20)31)7-17(19)15-3-5-28(6-4-15)11-14-9-25-13-26-10-14/h7-10,13,15,20H,1-6,11-12H2,(H,27,30,31). The van der Waals surface area contributed by atoms with E-state index >= 15 is 4.39 Å². The Balaban J connectivity index is 1.28. The monoisotopic (exact) mass is 437 g/mol. The van der Waals surface area contributed by atoms with Crippen LogP contribution in [0.4, 0.5) is 4.39 Å². The Morgan fingerprint density at radius 1 is 1.06 bits per heavy atom. The van der Waals surface area contributed by atoms with Crippen molar-refractivity contribution in [3.63, 3.8) is 0 Å². The minimum absolute atomic E-state index is 0.0864. The van der Waals surface area contributed by atoms with Gasteiger partial charge in [-0.05, 0) is 55.5 Å². The first kappa shape index (κ1) is 20.7. The van der Waals surface area contributed by atoms with Crippen LogP contribution >= 0.6 is 0 Å². The van der Waals surface area contributed by atoms with Gasteiger partial charge in [-0.2, -0.15) is 0 Å². The molecule has 2 saturated heterocycles. The number of aromatic nitrogens is 2. The Kier molecular flexibility index (Phi) is 5.42. The summed E-state index contributed by atoms with van der Waals surface area (Å²) in [6.45, 7) is 2.73. The van der Waals surface area contributed by atoms with Crippen LogP contribution in [0.1, 0.15) is 58.6 Å². The molecule has 0 bridgehead atoms. The van der Waals surface area contributed by atoms with Crippen LogP contribution in [0.3, 0.4) is 0 Å². The second kappa shape index (κ2) is 8.38. The number of likely N-dealkylation sites (tertiary alicyclic amines) is 1. The van der Waals surface area contributed by atoms with E-state index < -0.39 is 11.9 Å². The topological polar surface area (TPSA) is 95.5 Å². The molecule has 1 N–H and O–H groups in total. The maximum Gasteiger partial charge on any atom is 0.255 e. The lowest BCUT2D eigenvalue weighted by atomic mass is 9.87. The summed E-state index contributed by atoms with van der Waals surface area (Å²) >= 11 is 0. The van der Waals surface area contributed by atoms with Crippen LogP contribution in [-0.2, 0) is 22.7 Å². The Hall–Kier alpha value is -3.20. The van der Waals surface area contributed by atoms with Gasteiger partial charge in [0.25, 0.3) is 5.91 Å². The number of carbonyl (C=O) groups excluding carboxylic acids is 3. The van der Waals surface area contributed by atoms with Gasteiger partial charge in [0.1, 0.15) is 18.2 Å². The molecule has 2 aromatic rings. The fraction of sp³-hybridized carbons (Fsp3) is 0.435. The van der Waals surface area contributed by atoms with Crippen molar-refractivity contribution in [1.29, 1.82) is 0 Å². The van der Waals surface area contributed by atoms with Crippen molar-refractivity contribution >= 4 is 17.7 Å². The van der Waals surface area contributed by atoms with Crippen LogP contribution in [0.25, 0.3) is 0 Å². The molecule has 8 nitrogen and oxygen atoms in total. The third kappa shape index (κ3) is 3.88. The molecule has 1 unspecified atom stereocenters. The Bertz CT molecular complexity index is 1070. The highest BCUT2D eigenvalue weighted by Gasteiger charge is 2.40. The summed E-state index contributed by atoms with van der Waals surface area (Å²) in [7, 11) is 0. The van der Waals surface area contributed by atoms with E-state index in [4.69, 9.17) is 0 Å². The molecule has 166 valence electrons. The first-order chi connectivity index (χ1) is 15.5. The second-order valence-electron chi connectivity index (χ2n) is 8.73. The van der Waals surface area contributed by atoms with Gasteiger partial charge < -0.3 is 4.90 Å². The van der Waals surface area contributed by atoms with Crippen molar-refractivity contribution in [2.75, 3.05) is 13.1 Å². The summed E-state index contributed by atoms with van der Waals surface area (Å²) in [6.07, 6.45) is 7.28. The number of benzene rings is 1. The fourth-order valence-electron chi connectivity index (χ4n) is 4.99. The molecule has 32 heavy (non-hydrogen) atoms. The molecule has 1 aromatic carbocycles. The van der Waals surface area contributed by atoms with Gasteiger partial charge in [0.2, 0.25) is 11.8 Å². The van der Waals surface area contributed by atoms with Crippen LogP contribution in [0, 0.1) is 5.82 Å². The van der Waals surface area contributed by atoms with E-state index in [0.29, 0.717) is 17.5 Å². The number of carbonyl (C=O) groups is 3. The van der Waals surface area contributed by atoms with E-state index in [9.17, 15) is 14.4 Å². The van der Waals surface area contributed by atoms with E-state index in [1.807, 2.05) is 12.4 Å². The maximum absolute atomic E-state index is 15.0. The van der Waals surface area contributed by atoms with E-state index in [1.54, 1.807) is 6.07 Å². The first-order valence-electron chi connectivity index (χ1n) is 10.9. The molecule has 9 heteroatoms. The van der Waals surface area contributed by atoms with E-state index in [2.05, 4.69) is 20.2 Å². The SMILES string of the molecule is O=C1CCC(N2Cc3cc(C4CCN(Cc5cncnc5)CC4)c(F)cc3C2=O)C(=O)N1. The number of nitrogens with one attached hydrogen (secondary N) is 1. The quantitative estimate of drug-likeness (QED) is 0.733. The third-order valence-corrected chi connectivity index (χ3v) is 6.69. The van der Waals surface area contributed by atoms with Crippen molar-refractivity contribution in [3.05, 3.63) is 58.9 Å². The normalized spacial score (nSPS) is 22.2. The molecule has 0 spiro atoms. The Labute approximate surface area is 184 Å². The van der Waals surface area contributed by atoms with Crippen molar-refractivity contribution in [1.82, 2.24) is 25.1 Å². The van der Waals surface area contributed by atoms with Gasteiger partial charge in [-0.1, -0.05) is 6.07 Å². The summed E-state index contributed by atoms with van der Waals surface area (Å²) < 4.78 is 15.0. The summed E-state index contributed by atoms with van der Waals surface area (Å²) in [6, 6.07) is 2.44. The van der Waals surface area contributed by atoms with Crippen LogP contribution in [-0.4, -0.2) is 56.6 Å².